The molecule has 0 radical (unpaired) electrons. The van der Waals surface area contributed by atoms with Gasteiger partial charge < -0.3 is 19.7 Å². The Balaban J connectivity index is 1.90. The molecule has 1 aromatic rings. The average Bonchev–Trinajstić information content (AvgIpc) is 2.94. The molecule has 0 spiro atoms. The molecule has 0 aromatic heterocycles. The maximum absolute atomic E-state index is 5.26. The van der Waals surface area contributed by atoms with Crippen LogP contribution in [0.2, 0.25) is 0 Å². The third-order valence-electron chi connectivity index (χ3n) is 3.89. The zero-order valence-corrected chi connectivity index (χ0v) is 14.5. The number of methoxy groups -OCH3 is 2. The van der Waals surface area contributed by atoms with Crippen LogP contribution < -0.4 is 10.2 Å². The predicted molar refractivity (Wildman–Crippen MR) is 89.9 cm³/mol. The van der Waals surface area contributed by atoms with Gasteiger partial charge >= 0.3 is 0 Å². The molecule has 118 valence electrons. The van der Waals surface area contributed by atoms with Crippen LogP contribution in [0.25, 0.3) is 0 Å². The molecule has 2 rings (SSSR count). The molecule has 4 nitrogen and oxygen atoms in total. The van der Waals surface area contributed by atoms with E-state index in [1.165, 1.54) is 22.1 Å². The van der Waals surface area contributed by atoms with Crippen LogP contribution in [0.15, 0.2) is 22.7 Å². The van der Waals surface area contributed by atoms with Gasteiger partial charge in [-0.05, 0) is 24.1 Å². The highest BCUT2D eigenvalue weighted by Crippen LogP contribution is 2.28. The molecule has 0 saturated carbocycles. The highest BCUT2D eigenvalue weighted by atomic mass is 79.9. The average molecular weight is 357 g/mol. The molecule has 1 aliphatic heterocycles. The lowest BCUT2D eigenvalue weighted by Crippen LogP contribution is -2.21. The van der Waals surface area contributed by atoms with Crippen LogP contribution in [-0.4, -0.2) is 47.1 Å². The molecule has 1 saturated heterocycles. The van der Waals surface area contributed by atoms with Gasteiger partial charge in [-0.15, -0.1) is 0 Å². The third kappa shape index (κ3) is 4.95. The molecule has 1 unspecified atom stereocenters. The quantitative estimate of drug-likeness (QED) is 0.726. The van der Waals surface area contributed by atoms with Crippen LogP contribution in [0.1, 0.15) is 12.0 Å². The highest BCUT2D eigenvalue weighted by Gasteiger charge is 2.22. The van der Waals surface area contributed by atoms with Crippen molar-refractivity contribution in [2.75, 3.05) is 52.0 Å². The minimum absolute atomic E-state index is 0.657. The summed E-state index contributed by atoms with van der Waals surface area (Å²) < 4.78 is 11.5. The van der Waals surface area contributed by atoms with Crippen molar-refractivity contribution >= 4 is 21.6 Å². The Hall–Kier alpha value is -0.620. The van der Waals surface area contributed by atoms with Gasteiger partial charge in [-0.3, -0.25) is 0 Å². The fraction of sp³-hybridized carbons (Fsp3) is 0.625. The maximum atomic E-state index is 5.26. The van der Waals surface area contributed by atoms with E-state index in [1.807, 2.05) is 0 Å². The van der Waals surface area contributed by atoms with Crippen LogP contribution in [0.3, 0.4) is 0 Å². The molecule has 1 N–H and O–H groups in total. The maximum Gasteiger partial charge on any atom is 0.0587 e. The van der Waals surface area contributed by atoms with Crippen molar-refractivity contribution in [3.8, 4) is 0 Å². The summed E-state index contributed by atoms with van der Waals surface area (Å²) in [6.07, 6.45) is 1.21. The van der Waals surface area contributed by atoms with E-state index in [0.29, 0.717) is 5.92 Å². The summed E-state index contributed by atoms with van der Waals surface area (Å²) in [4.78, 5) is 2.44. The van der Waals surface area contributed by atoms with E-state index in [0.717, 1.165) is 39.4 Å². The highest BCUT2D eigenvalue weighted by molar-refractivity contribution is 9.10. The Morgan fingerprint density at radius 3 is 2.90 bits per heavy atom. The van der Waals surface area contributed by atoms with E-state index in [1.54, 1.807) is 14.2 Å². The van der Waals surface area contributed by atoms with Crippen molar-refractivity contribution in [3.63, 3.8) is 0 Å². The first kappa shape index (κ1) is 16.7. The van der Waals surface area contributed by atoms with Crippen molar-refractivity contribution in [1.82, 2.24) is 5.32 Å². The van der Waals surface area contributed by atoms with Gasteiger partial charge in [0, 0.05) is 56.5 Å². The first-order valence-corrected chi connectivity index (χ1v) is 8.26. The molecule has 0 bridgehead atoms. The van der Waals surface area contributed by atoms with Crippen LogP contribution >= 0.6 is 15.9 Å². The largest absolute Gasteiger partial charge is 0.384 e. The van der Waals surface area contributed by atoms with Crippen molar-refractivity contribution in [3.05, 3.63) is 28.2 Å². The zero-order valence-electron chi connectivity index (χ0n) is 12.9. The molecule has 1 aliphatic rings. The van der Waals surface area contributed by atoms with Gasteiger partial charge in [-0.1, -0.05) is 22.0 Å². The number of hydrogen-bond acceptors (Lipinski definition) is 4. The SMILES string of the molecule is COCCNCc1ccc(N2CCC(COC)C2)cc1Br. The van der Waals surface area contributed by atoms with Crippen LogP contribution in [0.5, 0.6) is 0 Å². The summed E-state index contributed by atoms with van der Waals surface area (Å²) in [6, 6.07) is 6.64. The Kier molecular flexibility index (Phi) is 6.96. The summed E-state index contributed by atoms with van der Waals surface area (Å²) in [5.74, 6) is 0.657. The molecule has 1 atom stereocenters. The molecule has 1 heterocycles. The normalized spacial score (nSPS) is 18.4. The first-order chi connectivity index (χ1) is 10.2. The van der Waals surface area contributed by atoms with E-state index >= 15 is 0 Å². The van der Waals surface area contributed by atoms with Gasteiger partial charge in [0.15, 0.2) is 0 Å². The van der Waals surface area contributed by atoms with Crippen molar-refractivity contribution < 1.29 is 9.47 Å². The Morgan fingerprint density at radius 1 is 1.33 bits per heavy atom. The third-order valence-corrected chi connectivity index (χ3v) is 4.63. The summed E-state index contributed by atoms with van der Waals surface area (Å²) in [7, 11) is 3.50. The van der Waals surface area contributed by atoms with Gasteiger partial charge in [0.25, 0.3) is 0 Å². The van der Waals surface area contributed by atoms with Gasteiger partial charge in [0.05, 0.1) is 13.2 Å². The van der Waals surface area contributed by atoms with E-state index in [4.69, 9.17) is 9.47 Å². The molecule has 1 aromatic carbocycles. The second-order valence-electron chi connectivity index (χ2n) is 5.50. The van der Waals surface area contributed by atoms with Crippen molar-refractivity contribution in [1.29, 1.82) is 0 Å². The van der Waals surface area contributed by atoms with Gasteiger partial charge in [-0.2, -0.15) is 0 Å². The topological polar surface area (TPSA) is 33.7 Å². The minimum atomic E-state index is 0.657. The minimum Gasteiger partial charge on any atom is -0.384 e. The van der Waals surface area contributed by atoms with E-state index in [2.05, 4.69) is 44.3 Å². The van der Waals surface area contributed by atoms with Gasteiger partial charge in [-0.25, -0.2) is 0 Å². The number of ether oxygens (including phenoxy) is 2. The number of nitrogens with zero attached hydrogens (tertiary/aromatic N) is 1. The Bertz CT molecular complexity index is 442. The van der Waals surface area contributed by atoms with E-state index in [-0.39, 0.29) is 0 Å². The molecule has 1 fully saturated rings. The monoisotopic (exact) mass is 356 g/mol. The summed E-state index contributed by atoms with van der Waals surface area (Å²) in [5, 5.41) is 3.37. The van der Waals surface area contributed by atoms with Crippen LogP contribution in [0, 0.1) is 5.92 Å². The second-order valence-corrected chi connectivity index (χ2v) is 6.36. The standard InChI is InChI=1S/C16H25BrN2O2/c1-20-8-6-18-10-14-3-4-15(9-16(14)17)19-7-5-13(11-19)12-21-2/h3-4,9,13,18H,5-8,10-12H2,1-2H3. The smallest absolute Gasteiger partial charge is 0.0587 e. The number of benzene rings is 1. The lowest BCUT2D eigenvalue weighted by atomic mass is 10.1. The van der Waals surface area contributed by atoms with Crippen LogP contribution in [-0.2, 0) is 16.0 Å². The fourth-order valence-corrected chi connectivity index (χ4v) is 3.22. The number of hydrogen-bond donors (Lipinski definition) is 1. The summed E-state index contributed by atoms with van der Waals surface area (Å²) in [6.45, 7) is 5.53. The molecule has 0 amide bonds. The summed E-state index contributed by atoms with van der Waals surface area (Å²) >= 11 is 3.69. The number of nitrogens with one attached hydrogen (secondary N) is 1. The van der Waals surface area contributed by atoms with Crippen molar-refractivity contribution in [2.45, 2.75) is 13.0 Å². The molecule has 0 aliphatic carbocycles. The van der Waals surface area contributed by atoms with Gasteiger partial charge in [0.2, 0.25) is 0 Å². The lowest BCUT2D eigenvalue weighted by Gasteiger charge is -2.20. The Morgan fingerprint density at radius 2 is 2.19 bits per heavy atom. The zero-order chi connectivity index (χ0) is 15.1. The van der Waals surface area contributed by atoms with Crippen LogP contribution in [0.4, 0.5) is 5.69 Å². The number of rotatable bonds is 8. The van der Waals surface area contributed by atoms with Gasteiger partial charge in [0.1, 0.15) is 0 Å². The van der Waals surface area contributed by atoms with E-state index < -0.39 is 0 Å². The lowest BCUT2D eigenvalue weighted by molar-refractivity contribution is 0.161. The molecule has 21 heavy (non-hydrogen) atoms. The Labute approximate surface area is 135 Å². The fourth-order valence-electron chi connectivity index (χ4n) is 2.71. The number of anilines is 1. The van der Waals surface area contributed by atoms with E-state index in [9.17, 15) is 0 Å². The summed E-state index contributed by atoms with van der Waals surface area (Å²) in [5.41, 5.74) is 2.57. The molecule has 5 heteroatoms. The number of halogens is 1. The second kappa shape index (κ2) is 8.73. The molecular formula is C16H25BrN2O2. The predicted octanol–water partition coefficient (Wildman–Crippen LogP) is 2.66. The molecular weight excluding hydrogens is 332 g/mol. The first-order valence-electron chi connectivity index (χ1n) is 7.46. The van der Waals surface area contributed by atoms with Crippen molar-refractivity contribution in [2.24, 2.45) is 5.92 Å².